The molecule has 4 atom stereocenters. The number of epoxide rings is 1. The van der Waals surface area contributed by atoms with E-state index >= 15 is 0 Å². The molecule has 4 rings (SSSR count). The first kappa shape index (κ1) is 31.4. The second kappa shape index (κ2) is 14.5. The van der Waals surface area contributed by atoms with Crippen LogP contribution in [0.25, 0.3) is 0 Å². The minimum Gasteiger partial charge on any atom is -0.497 e. The average Bonchev–Trinajstić information content (AvgIpc) is 3.51. The normalized spacial score (nSPS) is 23.4. The number of amides is 1. The summed E-state index contributed by atoms with van der Waals surface area (Å²) in [4.78, 5) is 53.3. The summed E-state index contributed by atoms with van der Waals surface area (Å²) in [5.41, 5.74) is 0.0845. The number of ether oxygens (including phenoxy) is 3. The Balaban J connectivity index is 1.43. The molecule has 1 saturated carbocycles. The van der Waals surface area contributed by atoms with Crippen LogP contribution in [0.3, 0.4) is 0 Å². The molecule has 2 heterocycles. The van der Waals surface area contributed by atoms with Gasteiger partial charge < -0.3 is 19.5 Å². The Hall–Kier alpha value is -2.58. The van der Waals surface area contributed by atoms with Gasteiger partial charge in [-0.15, -0.1) is 0 Å². The van der Waals surface area contributed by atoms with Gasteiger partial charge in [0.2, 0.25) is 5.91 Å². The molecule has 1 aliphatic carbocycles. The van der Waals surface area contributed by atoms with Crippen molar-refractivity contribution in [3.63, 3.8) is 0 Å². The van der Waals surface area contributed by atoms with Crippen molar-refractivity contribution >= 4 is 23.3 Å². The van der Waals surface area contributed by atoms with Gasteiger partial charge in [0.25, 0.3) is 0 Å². The van der Waals surface area contributed by atoms with Crippen LogP contribution in [0.1, 0.15) is 83.6 Å². The number of carbonyl (C=O) groups is 4. The fraction of sp³-hybridized carbons (Fsp3) is 0.697. The molecule has 0 spiro atoms. The van der Waals surface area contributed by atoms with Crippen molar-refractivity contribution in [2.24, 2.45) is 23.7 Å². The molecule has 8 heteroatoms. The standard InChI is InChI=1S/C33H47NO7/c1-22(16-27(35)18-25-12-14-40-15-13-25)32(38)34-29(19-24-8-10-28(39-3)11-9-24)30(36)20-26(17-23-6-4-5-7-23)31(37)33(2)21-41-33/h8-11,22-23,25-26,29H,4-7,12-21H2,1-3H3,(H,34,38). The Labute approximate surface area is 244 Å². The lowest BCUT2D eigenvalue weighted by Gasteiger charge is -2.25. The number of ketones is 3. The summed E-state index contributed by atoms with van der Waals surface area (Å²) >= 11 is 0. The maximum Gasteiger partial charge on any atom is 0.223 e. The lowest BCUT2D eigenvalue weighted by atomic mass is 9.81. The lowest BCUT2D eigenvalue weighted by molar-refractivity contribution is -0.134. The zero-order valence-corrected chi connectivity index (χ0v) is 25.0. The van der Waals surface area contributed by atoms with Crippen LogP contribution in [0, 0.1) is 23.7 Å². The molecule has 4 unspecified atom stereocenters. The Morgan fingerprint density at radius 1 is 1.00 bits per heavy atom. The van der Waals surface area contributed by atoms with Crippen LogP contribution < -0.4 is 10.1 Å². The monoisotopic (exact) mass is 569 g/mol. The van der Waals surface area contributed by atoms with Crippen LogP contribution in [-0.2, 0) is 35.1 Å². The first-order valence-corrected chi connectivity index (χ1v) is 15.4. The van der Waals surface area contributed by atoms with Gasteiger partial charge in [-0.1, -0.05) is 44.7 Å². The molecule has 226 valence electrons. The van der Waals surface area contributed by atoms with Crippen molar-refractivity contribution in [3.8, 4) is 5.75 Å². The van der Waals surface area contributed by atoms with Crippen LogP contribution in [-0.4, -0.2) is 61.8 Å². The maximum atomic E-state index is 13.8. The van der Waals surface area contributed by atoms with E-state index in [1.807, 2.05) is 24.3 Å². The second-order valence-corrected chi connectivity index (χ2v) is 12.7. The van der Waals surface area contributed by atoms with Crippen LogP contribution in [0.5, 0.6) is 5.75 Å². The zero-order chi connectivity index (χ0) is 29.4. The minimum atomic E-state index is -0.796. The summed E-state index contributed by atoms with van der Waals surface area (Å²) < 4.78 is 16.1. The molecule has 0 aromatic heterocycles. The van der Waals surface area contributed by atoms with Gasteiger partial charge in [0, 0.05) is 44.3 Å². The summed E-state index contributed by atoms with van der Waals surface area (Å²) in [7, 11) is 1.60. The van der Waals surface area contributed by atoms with Gasteiger partial charge in [-0.2, -0.15) is 0 Å². The quantitative estimate of drug-likeness (QED) is 0.289. The molecule has 41 heavy (non-hydrogen) atoms. The third-order valence-corrected chi connectivity index (χ3v) is 9.15. The fourth-order valence-electron chi connectivity index (χ4n) is 6.35. The molecular formula is C33H47NO7. The minimum absolute atomic E-state index is 0.000600. The molecule has 1 amide bonds. The van der Waals surface area contributed by atoms with Crippen LogP contribution in [0.4, 0.5) is 0 Å². The Morgan fingerprint density at radius 2 is 1.66 bits per heavy atom. The van der Waals surface area contributed by atoms with E-state index in [-0.39, 0.29) is 36.1 Å². The van der Waals surface area contributed by atoms with Crippen LogP contribution >= 0.6 is 0 Å². The van der Waals surface area contributed by atoms with Gasteiger partial charge in [0.15, 0.2) is 11.6 Å². The van der Waals surface area contributed by atoms with Crippen molar-refractivity contribution in [2.75, 3.05) is 26.9 Å². The SMILES string of the molecule is COc1ccc(CC(NC(=O)C(C)CC(=O)CC2CCOCC2)C(=O)CC(CC2CCCC2)C(=O)C2(C)CO2)cc1. The van der Waals surface area contributed by atoms with E-state index in [0.29, 0.717) is 56.7 Å². The van der Waals surface area contributed by atoms with Crippen molar-refractivity contribution in [2.45, 2.75) is 96.1 Å². The lowest BCUT2D eigenvalue weighted by Crippen LogP contribution is -2.46. The highest BCUT2D eigenvalue weighted by Gasteiger charge is 2.50. The van der Waals surface area contributed by atoms with Gasteiger partial charge >= 0.3 is 0 Å². The number of carbonyl (C=O) groups excluding carboxylic acids is 4. The summed E-state index contributed by atoms with van der Waals surface area (Å²) in [6.07, 6.45) is 7.90. The molecule has 0 radical (unpaired) electrons. The number of rotatable bonds is 16. The number of Topliss-reactive ketones (excluding diaryl/α,β-unsaturated/α-hetero) is 3. The van der Waals surface area contributed by atoms with E-state index in [1.165, 1.54) is 0 Å². The first-order valence-electron chi connectivity index (χ1n) is 15.4. The molecule has 1 aromatic rings. The van der Waals surface area contributed by atoms with Gasteiger partial charge in [-0.3, -0.25) is 19.2 Å². The molecule has 8 nitrogen and oxygen atoms in total. The molecule has 0 bridgehead atoms. The summed E-state index contributed by atoms with van der Waals surface area (Å²) in [6.45, 7) is 5.30. The van der Waals surface area contributed by atoms with Crippen LogP contribution in [0.2, 0.25) is 0 Å². The first-order chi connectivity index (χ1) is 19.7. The molecule has 2 saturated heterocycles. The Morgan fingerprint density at radius 3 is 2.27 bits per heavy atom. The smallest absolute Gasteiger partial charge is 0.223 e. The van der Waals surface area contributed by atoms with Gasteiger partial charge in [-0.05, 0) is 62.1 Å². The van der Waals surface area contributed by atoms with E-state index in [4.69, 9.17) is 14.2 Å². The van der Waals surface area contributed by atoms with Gasteiger partial charge in [-0.25, -0.2) is 0 Å². The van der Waals surface area contributed by atoms with Crippen molar-refractivity contribution in [1.82, 2.24) is 5.32 Å². The molecule has 3 fully saturated rings. The van der Waals surface area contributed by atoms with Gasteiger partial charge in [0.05, 0.1) is 19.8 Å². The highest BCUT2D eigenvalue weighted by molar-refractivity contribution is 5.97. The zero-order valence-electron chi connectivity index (χ0n) is 25.0. The van der Waals surface area contributed by atoms with Crippen molar-refractivity contribution in [1.29, 1.82) is 0 Å². The van der Waals surface area contributed by atoms with E-state index < -0.39 is 23.5 Å². The van der Waals surface area contributed by atoms with E-state index in [0.717, 1.165) is 44.1 Å². The van der Waals surface area contributed by atoms with Gasteiger partial charge in [0.1, 0.15) is 17.1 Å². The molecule has 3 aliphatic rings. The third-order valence-electron chi connectivity index (χ3n) is 9.15. The predicted molar refractivity (Wildman–Crippen MR) is 155 cm³/mol. The fourth-order valence-corrected chi connectivity index (χ4v) is 6.35. The number of hydrogen-bond acceptors (Lipinski definition) is 7. The highest BCUT2D eigenvalue weighted by atomic mass is 16.6. The van der Waals surface area contributed by atoms with E-state index in [1.54, 1.807) is 21.0 Å². The molecule has 1 N–H and O–H groups in total. The van der Waals surface area contributed by atoms with Crippen molar-refractivity contribution < 1.29 is 33.4 Å². The summed E-state index contributed by atoms with van der Waals surface area (Å²) in [6, 6.07) is 6.62. The largest absolute Gasteiger partial charge is 0.497 e. The number of benzene rings is 1. The van der Waals surface area contributed by atoms with E-state index in [2.05, 4.69) is 5.32 Å². The van der Waals surface area contributed by atoms with Crippen LogP contribution in [0.15, 0.2) is 24.3 Å². The Kier molecular flexibility index (Phi) is 11.1. The third kappa shape index (κ3) is 9.20. The summed E-state index contributed by atoms with van der Waals surface area (Å²) in [5, 5.41) is 2.96. The number of hydrogen-bond donors (Lipinski definition) is 1. The highest BCUT2D eigenvalue weighted by Crippen LogP contribution is 2.37. The number of nitrogens with one attached hydrogen (secondary N) is 1. The predicted octanol–water partition coefficient (Wildman–Crippen LogP) is 4.65. The average molecular weight is 570 g/mol. The molecule has 1 aromatic carbocycles. The molecule has 2 aliphatic heterocycles. The second-order valence-electron chi connectivity index (χ2n) is 12.7. The number of methoxy groups -OCH3 is 1. The topological polar surface area (TPSA) is 111 Å². The molecular weight excluding hydrogens is 522 g/mol. The van der Waals surface area contributed by atoms with Crippen molar-refractivity contribution in [3.05, 3.63) is 29.8 Å². The summed E-state index contributed by atoms with van der Waals surface area (Å²) in [5.74, 6) is 0.0750. The Bertz CT molecular complexity index is 1050. The van der Waals surface area contributed by atoms with E-state index in [9.17, 15) is 19.2 Å². The maximum absolute atomic E-state index is 13.8.